The summed E-state index contributed by atoms with van der Waals surface area (Å²) in [6.45, 7) is 2.08. The predicted molar refractivity (Wildman–Crippen MR) is 79.0 cm³/mol. The predicted octanol–water partition coefficient (Wildman–Crippen LogP) is 3.59. The van der Waals surface area contributed by atoms with Crippen LogP contribution in [0.2, 0.25) is 0 Å². The van der Waals surface area contributed by atoms with E-state index < -0.39 is 0 Å². The quantitative estimate of drug-likeness (QED) is 0.752. The largest absolute Gasteiger partial charge is 0.320 e. The Morgan fingerprint density at radius 1 is 1.05 bits per heavy atom. The van der Waals surface area contributed by atoms with Crippen LogP contribution in [0.4, 0.5) is 0 Å². The van der Waals surface area contributed by atoms with Crippen molar-refractivity contribution in [2.75, 3.05) is 0 Å². The van der Waals surface area contributed by atoms with Gasteiger partial charge in [0, 0.05) is 17.8 Å². The second-order valence-electron chi connectivity index (χ2n) is 4.84. The molecule has 0 bridgehead atoms. The molecule has 1 unspecified atom stereocenters. The van der Waals surface area contributed by atoms with Crippen LogP contribution in [0, 0.1) is 6.92 Å². The van der Waals surface area contributed by atoms with Gasteiger partial charge in [0.05, 0.1) is 6.04 Å². The summed E-state index contributed by atoms with van der Waals surface area (Å²) in [6, 6.07) is 16.5. The molecule has 94 valence electrons. The summed E-state index contributed by atoms with van der Waals surface area (Å²) < 4.78 is 0. The maximum atomic E-state index is 6.42. The first-order valence-electron chi connectivity index (χ1n) is 6.40. The van der Waals surface area contributed by atoms with Crippen LogP contribution >= 0.6 is 0 Å². The number of aryl methyl sites for hydroxylation is 1. The van der Waals surface area contributed by atoms with Gasteiger partial charge < -0.3 is 5.73 Å². The summed E-state index contributed by atoms with van der Waals surface area (Å²) in [5, 5.41) is 2.30. The lowest BCUT2D eigenvalue weighted by molar-refractivity contribution is 0.878. The molecule has 0 saturated carbocycles. The molecule has 3 aromatic rings. The molecule has 1 heterocycles. The average molecular weight is 248 g/mol. The van der Waals surface area contributed by atoms with E-state index in [-0.39, 0.29) is 6.04 Å². The van der Waals surface area contributed by atoms with Crippen LogP contribution in [0.5, 0.6) is 0 Å². The molecule has 1 aromatic heterocycles. The van der Waals surface area contributed by atoms with Gasteiger partial charge >= 0.3 is 0 Å². The Morgan fingerprint density at radius 2 is 1.89 bits per heavy atom. The second-order valence-corrected chi connectivity index (χ2v) is 4.84. The maximum absolute atomic E-state index is 6.42. The summed E-state index contributed by atoms with van der Waals surface area (Å²) in [6.07, 6.45) is 3.70. The van der Waals surface area contributed by atoms with Gasteiger partial charge in [0.1, 0.15) is 0 Å². The lowest BCUT2D eigenvalue weighted by Gasteiger charge is -2.15. The molecule has 19 heavy (non-hydrogen) atoms. The van der Waals surface area contributed by atoms with Gasteiger partial charge in [-0.05, 0) is 29.5 Å². The first-order chi connectivity index (χ1) is 9.25. The van der Waals surface area contributed by atoms with Gasteiger partial charge in [-0.25, -0.2) is 0 Å². The molecular formula is C17H16N2. The van der Waals surface area contributed by atoms with E-state index in [2.05, 4.69) is 42.2 Å². The standard InChI is InChI=1S/C17H16N2/c1-12-4-2-6-14(10-12)17(18)15-7-3-5-13-8-9-19-11-16(13)15/h2-11,17H,18H2,1H3. The number of hydrogen-bond donors (Lipinski definition) is 1. The lowest BCUT2D eigenvalue weighted by Crippen LogP contribution is -2.12. The third-order valence-electron chi connectivity index (χ3n) is 3.45. The number of aromatic nitrogens is 1. The monoisotopic (exact) mass is 248 g/mol. The van der Waals surface area contributed by atoms with E-state index in [9.17, 15) is 0 Å². The fourth-order valence-electron chi connectivity index (χ4n) is 2.45. The first kappa shape index (κ1) is 11.9. The van der Waals surface area contributed by atoms with Crippen molar-refractivity contribution in [1.82, 2.24) is 4.98 Å². The van der Waals surface area contributed by atoms with E-state index in [1.807, 2.05) is 30.6 Å². The summed E-state index contributed by atoms with van der Waals surface area (Å²) >= 11 is 0. The van der Waals surface area contributed by atoms with Crippen molar-refractivity contribution in [2.45, 2.75) is 13.0 Å². The van der Waals surface area contributed by atoms with E-state index in [4.69, 9.17) is 5.73 Å². The minimum Gasteiger partial charge on any atom is -0.320 e. The Kier molecular flexibility index (Phi) is 3.02. The molecule has 0 saturated heterocycles. The Balaban J connectivity index is 2.14. The van der Waals surface area contributed by atoms with Crippen molar-refractivity contribution in [3.63, 3.8) is 0 Å². The van der Waals surface area contributed by atoms with Gasteiger partial charge in [0.25, 0.3) is 0 Å². The van der Waals surface area contributed by atoms with Crippen molar-refractivity contribution < 1.29 is 0 Å². The maximum Gasteiger partial charge on any atom is 0.0558 e. The molecule has 0 fully saturated rings. The van der Waals surface area contributed by atoms with Crippen LogP contribution in [0.1, 0.15) is 22.7 Å². The third kappa shape index (κ3) is 2.23. The molecule has 2 heteroatoms. The van der Waals surface area contributed by atoms with E-state index in [1.54, 1.807) is 0 Å². The highest BCUT2D eigenvalue weighted by Gasteiger charge is 2.12. The first-order valence-corrected chi connectivity index (χ1v) is 6.40. The van der Waals surface area contributed by atoms with Gasteiger partial charge in [-0.3, -0.25) is 4.98 Å². The SMILES string of the molecule is Cc1cccc(C(N)c2cccc3ccncc23)c1. The van der Waals surface area contributed by atoms with E-state index >= 15 is 0 Å². The van der Waals surface area contributed by atoms with Crippen LogP contribution in [0.15, 0.2) is 60.9 Å². The van der Waals surface area contributed by atoms with Crippen molar-refractivity contribution in [3.05, 3.63) is 77.6 Å². The Morgan fingerprint density at radius 3 is 2.74 bits per heavy atom. The molecule has 2 aromatic carbocycles. The molecule has 1 atom stereocenters. The highest BCUT2D eigenvalue weighted by Crippen LogP contribution is 2.27. The second kappa shape index (κ2) is 4.82. The van der Waals surface area contributed by atoms with E-state index in [0.717, 1.165) is 16.5 Å². The van der Waals surface area contributed by atoms with E-state index in [1.165, 1.54) is 10.9 Å². The third-order valence-corrected chi connectivity index (χ3v) is 3.45. The van der Waals surface area contributed by atoms with Gasteiger partial charge in [0.2, 0.25) is 0 Å². The van der Waals surface area contributed by atoms with Crippen molar-refractivity contribution in [2.24, 2.45) is 5.73 Å². The average Bonchev–Trinajstić information content (AvgIpc) is 2.46. The van der Waals surface area contributed by atoms with Crippen LogP contribution in [-0.2, 0) is 0 Å². The Bertz CT molecular complexity index is 714. The smallest absolute Gasteiger partial charge is 0.0558 e. The number of rotatable bonds is 2. The van der Waals surface area contributed by atoms with Crippen molar-refractivity contribution in [3.8, 4) is 0 Å². The van der Waals surface area contributed by atoms with Gasteiger partial charge in [-0.1, -0.05) is 48.0 Å². The highest BCUT2D eigenvalue weighted by atomic mass is 14.6. The zero-order valence-electron chi connectivity index (χ0n) is 10.9. The zero-order valence-corrected chi connectivity index (χ0v) is 10.9. The lowest BCUT2D eigenvalue weighted by atomic mass is 9.94. The minimum atomic E-state index is -0.118. The normalized spacial score (nSPS) is 12.5. The van der Waals surface area contributed by atoms with Gasteiger partial charge in [-0.15, -0.1) is 0 Å². The van der Waals surface area contributed by atoms with Crippen molar-refractivity contribution >= 4 is 10.8 Å². The number of hydrogen-bond acceptors (Lipinski definition) is 2. The number of nitrogens with two attached hydrogens (primary N) is 1. The summed E-state index contributed by atoms with van der Waals surface area (Å²) in [7, 11) is 0. The van der Waals surface area contributed by atoms with Gasteiger partial charge in [-0.2, -0.15) is 0 Å². The van der Waals surface area contributed by atoms with Crippen LogP contribution < -0.4 is 5.73 Å². The van der Waals surface area contributed by atoms with Crippen LogP contribution in [-0.4, -0.2) is 4.98 Å². The molecule has 2 N–H and O–H groups in total. The molecule has 3 rings (SSSR count). The molecule has 2 nitrogen and oxygen atoms in total. The summed E-state index contributed by atoms with van der Waals surface area (Å²) in [5.74, 6) is 0. The molecule has 0 aliphatic heterocycles. The molecular weight excluding hydrogens is 232 g/mol. The zero-order chi connectivity index (χ0) is 13.2. The number of nitrogens with zero attached hydrogens (tertiary/aromatic N) is 1. The number of fused-ring (bicyclic) bond motifs is 1. The molecule has 0 aliphatic rings. The summed E-state index contributed by atoms with van der Waals surface area (Å²) in [5.41, 5.74) is 9.91. The fraction of sp³-hybridized carbons (Fsp3) is 0.118. The van der Waals surface area contributed by atoms with Crippen LogP contribution in [0.25, 0.3) is 10.8 Å². The highest BCUT2D eigenvalue weighted by molar-refractivity contribution is 5.85. The number of pyridine rings is 1. The van der Waals surface area contributed by atoms with Crippen LogP contribution in [0.3, 0.4) is 0 Å². The van der Waals surface area contributed by atoms with Crippen molar-refractivity contribution in [1.29, 1.82) is 0 Å². The Labute approximate surface area is 112 Å². The molecule has 0 spiro atoms. The molecule has 0 radical (unpaired) electrons. The molecule has 0 aliphatic carbocycles. The molecule has 0 amide bonds. The van der Waals surface area contributed by atoms with E-state index in [0.29, 0.717) is 0 Å². The van der Waals surface area contributed by atoms with Gasteiger partial charge in [0.15, 0.2) is 0 Å². The number of benzene rings is 2. The topological polar surface area (TPSA) is 38.9 Å². The fourth-order valence-corrected chi connectivity index (χ4v) is 2.45. The Hall–Kier alpha value is -2.19. The summed E-state index contributed by atoms with van der Waals surface area (Å²) in [4.78, 5) is 4.21. The minimum absolute atomic E-state index is 0.118.